The van der Waals surface area contributed by atoms with Gasteiger partial charge in [-0.1, -0.05) is 12.1 Å². The molecule has 0 amide bonds. The predicted molar refractivity (Wildman–Crippen MR) is 44.6 cm³/mol. The summed E-state index contributed by atoms with van der Waals surface area (Å²) in [6.07, 6.45) is 1.27. The lowest BCUT2D eigenvalue weighted by molar-refractivity contribution is 0.256. The van der Waals surface area contributed by atoms with Gasteiger partial charge in [-0.3, -0.25) is 0 Å². The third-order valence-electron chi connectivity index (χ3n) is 1.95. The van der Waals surface area contributed by atoms with Gasteiger partial charge in [-0.15, -0.1) is 0 Å². The van der Waals surface area contributed by atoms with Gasteiger partial charge in [0.15, 0.2) is 0 Å². The molecule has 0 fully saturated rings. The van der Waals surface area contributed by atoms with Gasteiger partial charge in [0.1, 0.15) is 11.9 Å². The Hall–Kier alpha value is -1.18. The van der Waals surface area contributed by atoms with Gasteiger partial charge in [-0.2, -0.15) is 0 Å². The Morgan fingerprint density at radius 2 is 2.36 bits per heavy atom. The molecule has 1 aliphatic rings. The van der Waals surface area contributed by atoms with Crippen LogP contribution in [-0.2, 0) is 6.42 Å². The molecule has 2 heteroatoms. The summed E-state index contributed by atoms with van der Waals surface area (Å²) in [7, 11) is 0. The molecule has 1 unspecified atom stereocenters. The number of benzene rings is 1. The highest BCUT2D eigenvalue weighted by atomic mass is 16.5. The Bertz CT molecular complexity index is 283. The van der Waals surface area contributed by atoms with E-state index in [1.165, 1.54) is 5.56 Å². The van der Waals surface area contributed by atoms with Crippen molar-refractivity contribution in [1.29, 1.82) is 0 Å². The molecule has 0 saturated carbocycles. The fourth-order valence-corrected chi connectivity index (χ4v) is 1.46. The lowest BCUT2D eigenvalue weighted by atomic mass is 10.1. The van der Waals surface area contributed by atoms with E-state index in [0.29, 0.717) is 0 Å². The normalized spacial score (nSPS) is 21.0. The van der Waals surface area contributed by atoms with Crippen LogP contribution in [0, 0.1) is 0 Å². The maximum absolute atomic E-state index is 5.71. The molecule has 0 radical (unpaired) electrons. The smallest absolute Gasteiger partial charge is 0.145 e. The average Bonchev–Trinajstić information content (AvgIpc) is 2.31. The molecule has 0 aliphatic carbocycles. The highest BCUT2D eigenvalue weighted by Crippen LogP contribution is 2.33. The molecule has 11 heavy (non-hydrogen) atoms. The van der Waals surface area contributed by atoms with Crippen molar-refractivity contribution in [3.8, 4) is 5.75 Å². The molecular formula is C9H11NO. The first-order valence-corrected chi connectivity index (χ1v) is 3.81. The van der Waals surface area contributed by atoms with Crippen LogP contribution in [0.25, 0.3) is 0 Å². The lowest BCUT2D eigenvalue weighted by Gasteiger charge is -2.04. The topological polar surface area (TPSA) is 35.2 Å². The number of fused-ring (bicyclic) bond motifs is 1. The van der Waals surface area contributed by atoms with Gasteiger partial charge in [0.2, 0.25) is 0 Å². The van der Waals surface area contributed by atoms with E-state index >= 15 is 0 Å². The summed E-state index contributed by atoms with van der Waals surface area (Å²) in [6, 6.07) is 5.90. The molecule has 0 bridgehead atoms. The first kappa shape index (κ1) is 6.53. The van der Waals surface area contributed by atoms with Crippen LogP contribution >= 0.6 is 0 Å². The van der Waals surface area contributed by atoms with Crippen molar-refractivity contribution in [1.82, 2.24) is 0 Å². The van der Waals surface area contributed by atoms with E-state index in [9.17, 15) is 0 Å². The zero-order valence-corrected chi connectivity index (χ0v) is 6.50. The SMILES string of the molecule is CC1Cc2cccc(N)c2O1. The fourth-order valence-electron chi connectivity index (χ4n) is 1.46. The minimum Gasteiger partial charge on any atom is -0.488 e. The number of ether oxygens (including phenoxy) is 1. The molecule has 0 saturated heterocycles. The molecule has 58 valence electrons. The Kier molecular flexibility index (Phi) is 1.28. The first-order valence-electron chi connectivity index (χ1n) is 3.81. The third-order valence-corrected chi connectivity index (χ3v) is 1.95. The van der Waals surface area contributed by atoms with Crippen LogP contribution in [0.1, 0.15) is 12.5 Å². The van der Waals surface area contributed by atoms with Gasteiger partial charge in [0.05, 0.1) is 5.69 Å². The fraction of sp³-hybridized carbons (Fsp3) is 0.333. The Balaban J connectivity index is 2.49. The quantitative estimate of drug-likeness (QED) is 0.568. The largest absolute Gasteiger partial charge is 0.488 e. The molecule has 2 nitrogen and oxygen atoms in total. The van der Waals surface area contributed by atoms with Crippen LogP contribution in [0.15, 0.2) is 18.2 Å². The minimum atomic E-state index is 0.287. The van der Waals surface area contributed by atoms with E-state index < -0.39 is 0 Å². The zero-order valence-electron chi connectivity index (χ0n) is 6.50. The lowest BCUT2D eigenvalue weighted by Crippen LogP contribution is -2.05. The van der Waals surface area contributed by atoms with Gasteiger partial charge in [-0.25, -0.2) is 0 Å². The second-order valence-corrected chi connectivity index (χ2v) is 2.97. The predicted octanol–water partition coefficient (Wildman–Crippen LogP) is 1.59. The number of rotatable bonds is 0. The highest BCUT2D eigenvalue weighted by molar-refractivity contribution is 5.58. The number of para-hydroxylation sites is 1. The van der Waals surface area contributed by atoms with Crippen LogP contribution in [0.3, 0.4) is 0 Å². The Morgan fingerprint density at radius 1 is 1.55 bits per heavy atom. The van der Waals surface area contributed by atoms with Crippen LogP contribution in [0.2, 0.25) is 0 Å². The van der Waals surface area contributed by atoms with Crippen LogP contribution in [0.5, 0.6) is 5.75 Å². The van der Waals surface area contributed by atoms with Crippen molar-refractivity contribution in [3.63, 3.8) is 0 Å². The van der Waals surface area contributed by atoms with Crippen molar-refractivity contribution in [2.24, 2.45) is 0 Å². The summed E-state index contributed by atoms with van der Waals surface area (Å²) in [6.45, 7) is 2.06. The molecule has 0 spiro atoms. The van der Waals surface area contributed by atoms with E-state index in [1.807, 2.05) is 12.1 Å². The summed E-state index contributed by atoms with van der Waals surface area (Å²) in [5, 5.41) is 0. The van der Waals surface area contributed by atoms with E-state index in [1.54, 1.807) is 0 Å². The van der Waals surface area contributed by atoms with Crippen LogP contribution in [0.4, 0.5) is 5.69 Å². The number of nitrogens with two attached hydrogens (primary N) is 1. The molecule has 2 rings (SSSR count). The van der Waals surface area contributed by atoms with Gasteiger partial charge in [0.25, 0.3) is 0 Å². The van der Waals surface area contributed by atoms with Crippen molar-refractivity contribution in [2.75, 3.05) is 5.73 Å². The molecule has 1 aromatic rings. The molecule has 1 aromatic carbocycles. The van der Waals surface area contributed by atoms with Crippen LogP contribution in [-0.4, -0.2) is 6.10 Å². The number of hydrogen-bond donors (Lipinski definition) is 1. The standard InChI is InChI=1S/C9H11NO/c1-6-5-7-3-2-4-8(10)9(7)11-6/h2-4,6H,5,10H2,1H3. The van der Waals surface area contributed by atoms with Gasteiger partial charge in [0, 0.05) is 6.42 Å². The molecule has 0 aromatic heterocycles. The molecule has 1 atom stereocenters. The minimum absolute atomic E-state index is 0.287. The number of nitrogen functional groups attached to an aromatic ring is 1. The van der Waals surface area contributed by atoms with Gasteiger partial charge >= 0.3 is 0 Å². The number of hydrogen-bond acceptors (Lipinski definition) is 2. The van der Waals surface area contributed by atoms with Crippen LogP contribution < -0.4 is 10.5 Å². The molecule has 2 N–H and O–H groups in total. The summed E-state index contributed by atoms with van der Waals surface area (Å²) in [5.74, 6) is 0.889. The average molecular weight is 149 g/mol. The maximum atomic E-state index is 5.71. The van der Waals surface area contributed by atoms with E-state index in [-0.39, 0.29) is 6.10 Å². The van der Waals surface area contributed by atoms with Crippen molar-refractivity contribution in [2.45, 2.75) is 19.4 Å². The second-order valence-electron chi connectivity index (χ2n) is 2.97. The zero-order chi connectivity index (χ0) is 7.84. The monoisotopic (exact) mass is 149 g/mol. The second kappa shape index (κ2) is 2.16. The van der Waals surface area contributed by atoms with Gasteiger partial charge < -0.3 is 10.5 Å². The summed E-state index contributed by atoms with van der Waals surface area (Å²) < 4.78 is 5.51. The highest BCUT2D eigenvalue weighted by Gasteiger charge is 2.19. The third kappa shape index (κ3) is 0.946. The van der Waals surface area contributed by atoms with E-state index in [2.05, 4.69) is 13.0 Å². The summed E-state index contributed by atoms with van der Waals surface area (Å²) in [4.78, 5) is 0. The molecular weight excluding hydrogens is 138 g/mol. The maximum Gasteiger partial charge on any atom is 0.145 e. The van der Waals surface area contributed by atoms with Crippen molar-refractivity contribution in [3.05, 3.63) is 23.8 Å². The van der Waals surface area contributed by atoms with Crippen molar-refractivity contribution >= 4 is 5.69 Å². The number of anilines is 1. The molecule has 1 heterocycles. The van der Waals surface area contributed by atoms with E-state index in [4.69, 9.17) is 10.5 Å². The summed E-state index contributed by atoms with van der Waals surface area (Å²) >= 11 is 0. The Labute approximate surface area is 66.0 Å². The van der Waals surface area contributed by atoms with E-state index in [0.717, 1.165) is 17.9 Å². The van der Waals surface area contributed by atoms with Gasteiger partial charge in [-0.05, 0) is 18.6 Å². The first-order chi connectivity index (χ1) is 5.27. The summed E-state index contributed by atoms with van der Waals surface area (Å²) in [5.41, 5.74) is 7.70. The van der Waals surface area contributed by atoms with Crippen molar-refractivity contribution < 1.29 is 4.74 Å². The molecule has 1 aliphatic heterocycles. The Morgan fingerprint density at radius 3 is 3.09 bits per heavy atom.